The molecule has 21 heavy (non-hydrogen) atoms. The summed E-state index contributed by atoms with van der Waals surface area (Å²) in [5.41, 5.74) is 7.31. The fraction of sp³-hybridized carbons (Fsp3) is 0.200. The van der Waals surface area contributed by atoms with Gasteiger partial charge in [-0.25, -0.2) is 0 Å². The molecule has 0 saturated heterocycles. The summed E-state index contributed by atoms with van der Waals surface area (Å²) in [6.07, 6.45) is 2.97. The fourth-order valence-corrected chi connectivity index (χ4v) is 1.88. The summed E-state index contributed by atoms with van der Waals surface area (Å²) < 4.78 is 10.4. The molecule has 110 valence electrons. The molecule has 0 aliphatic heterocycles. The van der Waals surface area contributed by atoms with Gasteiger partial charge in [-0.1, -0.05) is 0 Å². The van der Waals surface area contributed by atoms with Gasteiger partial charge in [0.05, 0.1) is 31.7 Å². The number of anilines is 1. The molecular weight excluding hydrogens is 270 g/mol. The van der Waals surface area contributed by atoms with Crippen LogP contribution < -0.4 is 20.5 Å². The normalized spacial score (nSPS) is 10.0. The third-order valence-electron chi connectivity index (χ3n) is 3.03. The number of methoxy groups -OCH3 is 2. The number of nitrogen functional groups attached to an aromatic ring is 1. The first-order valence-corrected chi connectivity index (χ1v) is 6.34. The van der Waals surface area contributed by atoms with Gasteiger partial charge >= 0.3 is 0 Å². The van der Waals surface area contributed by atoms with Crippen molar-refractivity contribution in [3.05, 3.63) is 47.8 Å². The molecule has 0 aliphatic rings. The van der Waals surface area contributed by atoms with E-state index < -0.39 is 0 Å². The highest BCUT2D eigenvalue weighted by Gasteiger charge is 2.11. The lowest BCUT2D eigenvalue weighted by molar-refractivity contribution is 0.0951. The van der Waals surface area contributed by atoms with E-state index in [4.69, 9.17) is 15.2 Å². The minimum atomic E-state index is -0.257. The van der Waals surface area contributed by atoms with Gasteiger partial charge in [0.15, 0.2) is 0 Å². The molecule has 0 bridgehead atoms. The van der Waals surface area contributed by atoms with E-state index in [0.717, 1.165) is 5.56 Å². The van der Waals surface area contributed by atoms with Gasteiger partial charge < -0.3 is 20.5 Å². The molecule has 1 aromatic carbocycles. The van der Waals surface area contributed by atoms with Crippen molar-refractivity contribution >= 4 is 11.6 Å². The van der Waals surface area contributed by atoms with Gasteiger partial charge in [0, 0.05) is 24.4 Å². The van der Waals surface area contributed by atoms with E-state index in [9.17, 15) is 4.79 Å². The number of pyridine rings is 1. The van der Waals surface area contributed by atoms with Crippen molar-refractivity contribution < 1.29 is 14.3 Å². The lowest BCUT2D eigenvalue weighted by Gasteiger charge is -2.12. The Morgan fingerprint density at radius 3 is 2.76 bits per heavy atom. The van der Waals surface area contributed by atoms with Crippen LogP contribution in [0.1, 0.15) is 15.9 Å². The molecule has 1 aromatic heterocycles. The molecule has 0 atom stereocenters. The number of nitrogens with two attached hydrogens (primary N) is 1. The molecule has 0 radical (unpaired) electrons. The van der Waals surface area contributed by atoms with Gasteiger partial charge in [0.25, 0.3) is 5.91 Å². The minimum absolute atomic E-state index is 0.257. The predicted molar refractivity (Wildman–Crippen MR) is 79.4 cm³/mol. The quantitative estimate of drug-likeness (QED) is 0.872. The van der Waals surface area contributed by atoms with Crippen LogP contribution >= 0.6 is 0 Å². The first-order chi connectivity index (χ1) is 10.2. The Labute approximate surface area is 122 Å². The first kappa shape index (κ1) is 14.6. The van der Waals surface area contributed by atoms with E-state index in [-0.39, 0.29) is 5.91 Å². The maximum absolute atomic E-state index is 12.1. The standard InChI is InChI=1S/C15H17N3O3/c1-20-11-4-3-10(14(7-11)21-2)8-18-15(19)12-5-6-17-9-13(12)16/h3-7,9H,8,16H2,1-2H3,(H,18,19). The van der Waals surface area contributed by atoms with Crippen LogP contribution in [0.4, 0.5) is 5.69 Å². The number of ether oxygens (including phenoxy) is 2. The third-order valence-corrected chi connectivity index (χ3v) is 3.03. The zero-order valence-corrected chi connectivity index (χ0v) is 11.9. The van der Waals surface area contributed by atoms with E-state index >= 15 is 0 Å². The highest BCUT2D eigenvalue weighted by atomic mass is 16.5. The molecule has 0 unspecified atom stereocenters. The van der Waals surface area contributed by atoms with Crippen LogP contribution in [-0.4, -0.2) is 25.1 Å². The molecule has 2 rings (SSSR count). The summed E-state index contributed by atoms with van der Waals surface area (Å²) in [5.74, 6) is 1.09. The maximum atomic E-state index is 12.1. The zero-order chi connectivity index (χ0) is 15.2. The molecule has 0 spiro atoms. The Kier molecular flexibility index (Phi) is 4.61. The molecule has 0 fully saturated rings. The number of nitrogens with zero attached hydrogens (tertiary/aromatic N) is 1. The fourth-order valence-electron chi connectivity index (χ4n) is 1.88. The molecule has 0 saturated carbocycles. The van der Waals surface area contributed by atoms with Crippen LogP contribution in [0.15, 0.2) is 36.7 Å². The van der Waals surface area contributed by atoms with Gasteiger partial charge in [-0.05, 0) is 18.2 Å². The number of amides is 1. The first-order valence-electron chi connectivity index (χ1n) is 6.34. The molecule has 3 N–H and O–H groups in total. The van der Waals surface area contributed by atoms with Gasteiger partial charge in [0.2, 0.25) is 0 Å². The number of aromatic nitrogens is 1. The number of carbonyl (C=O) groups is 1. The second-order valence-electron chi connectivity index (χ2n) is 4.32. The monoisotopic (exact) mass is 287 g/mol. The second-order valence-corrected chi connectivity index (χ2v) is 4.32. The van der Waals surface area contributed by atoms with Crippen LogP contribution in [0.25, 0.3) is 0 Å². The van der Waals surface area contributed by atoms with Crippen LogP contribution in [0.5, 0.6) is 11.5 Å². The molecule has 0 aliphatic carbocycles. The average Bonchev–Trinajstić information content (AvgIpc) is 2.52. The third kappa shape index (κ3) is 3.42. The topological polar surface area (TPSA) is 86.5 Å². The zero-order valence-electron chi connectivity index (χ0n) is 11.9. The van der Waals surface area contributed by atoms with Crippen molar-refractivity contribution in [3.63, 3.8) is 0 Å². The lowest BCUT2D eigenvalue weighted by Crippen LogP contribution is -2.24. The summed E-state index contributed by atoms with van der Waals surface area (Å²) in [6, 6.07) is 7.00. The Hall–Kier alpha value is -2.76. The largest absolute Gasteiger partial charge is 0.497 e. The van der Waals surface area contributed by atoms with E-state index in [2.05, 4.69) is 10.3 Å². The summed E-state index contributed by atoms with van der Waals surface area (Å²) >= 11 is 0. The van der Waals surface area contributed by atoms with Crippen molar-refractivity contribution in [2.45, 2.75) is 6.54 Å². The molecular formula is C15H17N3O3. The molecule has 2 aromatic rings. The van der Waals surface area contributed by atoms with Crippen molar-refractivity contribution in [1.82, 2.24) is 10.3 Å². The van der Waals surface area contributed by atoms with E-state index in [0.29, 0.717) is 29.3 Å². The SMILES string of the molecule is COc1ccc(CNC(=O)c2ccncc2N)c(OC)c1. The van der Waals surface area contributed by atoms with Crippen molar-refractivity contribution in [2.75, 3.05) is 20.0 Å². The predicted octanol–water partition coefficient (Wildman–Crippen LogP) is 1.61. The van der Waals surface area contributed by atoms with E-state index in [1.165, 1.54) is 12.4 Å². The average molecular weight is 287 g/mol. The molecule has 1 amide bonds. The Morgan fingerprint density at radius 1 is 1.29 bits per heavy atom. The number of benzene rings is 1. The Balaban J connectivity index is 2.10. The van der Waals surface area contributed by atoms with Gasteiger partial charge in [-0.2, -0.15) is 0 Å². The molecule has 6 heteroatoms. The number of rotatable bonds is 5. The number of carbonyl (C=O) groups excluding carboxylic acids is 1. The summed E-state index contributed by atoms with van der Waals surface area (Å²) in [5, 5.41) is 2.80. The summed E-state index contributed by atoms with van der Waals surface area (Å²) in [4.78, 5) is 15.9. The number of hydrogen-bond acceptors (Lipinski definition) is 5. The number of hydrogen-bond donors (Lipinski definition) is 2. The van der Waals surface area contributed by atoms with Crippen molar-refractivity contribution in [1.29, 1.82) is 0 Å². The highest BCUT2D eigenvalue weighted by Crippen LogP contribution is 2.24. The van der Waals surface area contributed by atoms with E-state index in [1.54, 1.807) is 26.4 Å². The van der Waals surface area contributed by atoms with Crippen molar-refractivity contribution in [2.24, 2.45) is 0 Å². The lowest BCUT2D eigenvalue weighted by atomic mass is 10.1. The maximum Gasteiger partial charge on any atom is 0.253 e. The minimum Gasteiger partial charge on any atom is -0.497 e. The van der Waals surface area contributed by atoms with Crippen LogP contribution in [-0.2, 0) is 6.54 Å². The smallest absolute Gasteiger partial charge is 0.253 e. The highest BCUT2D eigenvalue weighted by molar-refractivity contribution is 5.98. The molecule has 6 nitrogen and oxygen atoms in total. The van der Waals surface area contributed by atoms with Gasteiger partial charge in [0.1, 0.15) is 11.5 Å². The second kappa shape index (κ2) is 6.60. The summed E-state index contributed by atoms with van der Waals surface area (Å²) in [7, 11) is 3.16. The number of nitrogens with one attached hydrogen (secondary N) is 1. The van der Waals surface area contributed by atoms with Crippen LogP contribution in [0.2, 0.25) is 0 Å². The Bertz CT molecular complexity index is 644. The van der Waals surface area contributed by atoms with Gasteiger partial charge in [-0.15, -0.1) is 0 Å². The van der Waals surface area contributed by atoms with Gasteiger partial charge in [-0.3, -0.25) is 9.78 Å². The molecule has 1 heterocycles. The summed E-state index contributed by atoms with van der Waals surface area (Å²) in [6.45, 7) is 0.327. The van der Waals surface area contributed by atoms with Crippen LogP contribution in [0, 0.1) is 0 Å². The Morgan fingerprint density at radius 2 is 2.10 bits per heavy atom. The van der Waals surface area contributed by atoms with E-state index in [1.807, 2.05) is 12.1 Å². The van der Waals surface area contributed by atoms with Crippen LogP contribution in [0.3, 0.4) is 0 Å². The van der Waals surface area contributed by atoms with Crippen molar-refractivity contribution in [3.8, 4) is 11.5 Å².